The van der Waals surface area contributed by atoms with Gasteiger partial charge in [-0.3, -0.25) is 0 Å². The zero-order chi connectivity index (χ0) is 20.7. The van der Waals surface area contributed by atoms with Gasteiger partial charge in [0.15, 0.2) is 5.13 Å². The minimum absolute atomic E-state index is 0.0891. The summed E-state index contributed by atoms with van der Waals surface area (Å²) in [5.74, 6) is -0.434. The summed E-state index contributed by atoms with van der Waals surface area (Å²) < 4.78 is 29.9. The van der Waals surface area contributed by atoms with Crippen molar-refractivity contribution in [1.29, 1.82) is 0 Å². The van der Waals surface area contributed by atoms with Gasteiger partial charge >= 0.3 is 5.97 Å². The summed E-state index contributed by atoms with van der Waals surface area (Å²) in [6, 6.07) is 16.6. The summed E-state index contributed by atoms with van der Waals surface area (Å²) in [4.78, 5) is 16.6. The number of rotatable bonds is 9. The van der Waals surface area contributed by atoms with Crippen molar-refractivity contribution in [3.8, 4) is 0 Å². The summed E-state index contributed by atoms with van der Waals surface area (Å²) in [6.45, 7) is 0.400. The highest BCUT2D eigenvalue weighted by atomic mass is 32.2. The molecule has 0 radical (unpaired) electrons. The van der Waals surface area contributed by atoms with Crippen molar-refractivity contribution in [2.75, 3.05) is 18.1 Å². The monoisotopic (exact) mass is 431 g/mol. The highest BCUT2D eigenvalue weighted by Gasteiger charge is 2.10. The maximum atomic E-state index is 12.2. The van der Waals surface area contributed by atoms with Crippen molar-refractivity contribution in [2.45, 2.75) is 13.0 Å². The van der Waals surface area contributed by atoms with E-state index in [1.807, 2.05) is 35.7 Å². The lowest BCUT2D eigenvalue weighted by Crippen LogP contribution is -2.24. The van der Waals surface area contributed by atoms with E-state index in [0.717, 1.165) is 22.6 Å². The highest BCUT2D eigenvalue weighted by Crippen LogP contribution is 2.21. The predicted molar refractivity (Wildman–Crippen MR) is 114 cm³/mol. The molecule has 2 aromatic carbocycles. The summed E-state index contributed by atoms with van der Waals surface area (Å²) in [5, 5.41) is 5.77. The second-order valence-electron chi connectivity index (χ2n) is 6.32. The Hall–Kier alpha value is -2.75. The number of hydrogen-bond donors (Lipinski definition) is 2. The number of aromatic nitrogens is 1. The Kier molecular flexibility index (Phi) is 6.97. The number of sulfonamides is 1. The number of anilines is 2. The Morgan fingerprint density at radius 1 is 1.10 bits per heavy atom. The topological polar surface area (TPSA) is 97.4 Å². The smallest absolute Gasteiger partial charge is 0.338 e. The van der Waals surface area contributed by atoms with E-state index in [1.165, 1.54) is 11.3 Å². The number of carbonyl (C=O) groups excluding carboxylic acids is 1. The fourth-order valence-corrected chi connectivity index (χ4v) is 3.67. The van der Waals surface area contributed by atoms with Gasteiger partial charge in [0.05, 0.1) is 17.5 Å². The van der Waals surface area contributed by atoms with Gasteiger partial charge in [0.1, 0.15) is 6.61 Å². The van der Waals surface area contributed by atoms with Crippen LogP contribution < -0.4 is 10.0 Å². The number of nitrogens with one attached hydrogen (secondary N) is 2. The molecule has 9 heteroatoms. The Bertz CT molecular complexity index is 1050. The van der Waals surface area contributed by atoms with Crippen LogP contribution in [-0.4, -0.2) is 32.2 Å². The summed E-state index contributed by atoms with van der Waals surface area (Å²) in [6.07, 6.45) is 1.66. The molecule has 2 N–H and O–H groups in total. The van der Waals surface area contributed by atoms with Gasteiger partial charge in [-0.1, -0.05) is 30.3 Å². The van der Waals surface area contributed by atoms with Crippen LogP contribution >= 0.6 is 11.3 Å². The molecular formula is C20H21N3O4S2. The molecule has 1 heterocycles. The molecular weight excluding hydrogens is 410 g/mol. The molecule has 0 aliphatic heterocycles. The normalized spacial score (nSPS) is 11.2. The number of carbonyl (C=O) groups is 1. The first-order chi connectivity index (χ1) is 13.9. The van der Waals surface area contributed by atoms with E-state index >= 15 is 0 Å². The van der Waals surface area contributed by atoms with Gasteiger partial charge in [-0.05, 0) is 36.2 Å². The summed E-state index contributed by atoms with van der Waals surface area (Å²) >= 11 is 1.44. The molecule has 0 amide bonds. The average molecular weight is 432 g/mol. The number of para-hydroxylation sites is 1. The lowest BCUT2D eigenvalue weighted by Gasteiger charge is -2.05. The van der Waals surface area contributed by atoms with E-state index in [9.17, 15) is 13.2 Å². The molecule has 0 saturated heterocycles. The van der Waals surface area contributed by atoms with E-state index in [0.29, 0.717) is 24.2 Å². The molecule has 29 heavy (non-hydrogen) atoms. The van der Waals surface area contributed by atoms with Gasteiger partial charge in [-0.25, -0.2) is 22.9 Å². The fraction of sp³-hybridized carbons (Fsp3) is 0.200. The van der Waals surface area contributed by atoms with E-state index in [2.05, 4.69) is 15.0 Å². The van der Waals surface area contributed by atoms with Crippen LogP contribution in [-0.2, 0) is 27.8 Å². The Morgan fingerprint density at radius 3 is 2.52 bits per heavy atom. The number of benzene rings is 2. The van der Waals surface area contributed by atoms with Crippen molar-refractivity contribution < 1.29 is 17.9 Å². The number of ether oxygens (including phenoxy) is 1. The lowest BCUT2D eigenvalue weighted by atomic mass is 10.1. The number of thiazole rings is 1. The molecule has 0 aliphatic rings. The van der Waals surface area contributed by atoms with Crippen molar-refractivity contribution >= 4 is 38.1 Å². The van der Waals surface area contributed by atoms with Crippen molar-refractivity contribution in [2.24, 2.45) is 0 Å². The van der Waals surface area contributed by atoms with Crippen LogP contribution in [0.3, 0.4) is 0 Å². The van der Waals surface area contributed by atoms with Gasteiger partial charge in [0.2, 0.25) is 10.0 Å². The van der Waals surface area contributed by atoms with Crippen LogP contribution in [0.5, 0.6) is 0 Å². The zero-order valence-electron chi connectivity index (χ0n) is 15.8. The lowest BCUT2D eigenvalue weighted by molar-refractivity contribution is 0.0468. The first-order valence-corrected chi connectivity index (χ1v) is 11.6. The van der Waals surface area contributed by atoms with Crippen LogP contribution in [0.1, 0.15) is 21.6 Å². The van der Waals surface area contributed by atoms with Crippen LogP contribution in [0.15, 0.2) is 60.0 Å². The quantitative estimate of drug-likeness (QED) is 0.505. The first kappa shape index (κ1) is 21.0. The predicted octanol–water partition coefficient (Wildman–Crippen LogP) is 3.34. The van der Waals surface area contributed by atoms with Gasteiger partial charge in [0, 0.05) is 17.6 Å². The minimum atomic E-state index is -3.20. The van der Waals surface area contributed by atoms with E-state index < -0.39 is 16.0 Å². The minimum Gasteiger partial charge on any atom is -0.456 e. The molecule has 152 valence electrons. The van der Waals surface area contributed by atoms with Crippen LogP contribution in [0.25, 0.3) is 0 Å². The van der Waals surface area contributed by atoms with Gasteiger partial charge < -0.3 is 10.1 Å². The Balaban J connectivity index is 1.48. The molecule has 7 nitrogen and oxygen atoms in total. The van der Waals surface area contributed by atoms with Crippen LogP contribution in [0.4, 0.5) is 10.8 Å². The van der Waals surface area contributed by atoms with Crippen LogP contribution in [0, 0.1) is 0 Å². The zero-order valence-corrected chi connectivity index (χ0v) is 17.4. The number of nitrogens with zero attached hydrogens (tertiary/aromatic N) is 1. The molecule has 0 spiro atoms. The van der Waals surface area contributed by atoms with E-state index in [1.54, 1.807) is 24.3 Å². The fourth-order valence-electron chi connectivity index (χ4n) is 2.49. The molecule has 0 unspecified atom stereocenters. The Morgan fingerprint density at radius 2 is 1.83 bits per heavy atom. The van der Waals surface area contributed by atoms with E-state index in [-0.39, 0.29) is 6.61 Å². The van der Waals surface area contributed by atoms with Gasteiger partial charge in [0.25, 0.3) is 0 Å². The molecule has 0 atom stereocenters. The molecule has 0 fully saturated rings. The second kappa shape index (κ2) is 9.64. The number of hydrogen-bond acceptors (Lipinski definition) is 7. The maximum Gasteiger partial charge on any atom is 0.338 e. The van der Waals surface area contributed by atoms with Crippen molar-refractivity contribution in [1.82, 2.24) is 9.71 Å². The molecule has 0 aliphatic carbocycles. The molecule has 0 saturated carbocycles. The average Bonchev–Trinajstić information content (AvgIpc) is 3.14. The molecule has 0 bridgehead atoms. The SMILES string of the molecule is CS(=O)(=O)NCCc1ccc(C(=O)OCc2csc(Nc3ccccc3)n2)cc1. The van der Waals surface area contributed by atoms with Crippen molar-refractivity contribution in [3.05, 3.63) is 76.8 Å². The standard InChI is InChI=1S/C20H21N3O4S2/c1-29(25,26)21-12-11-15-7-9-16(10-8-15)19(24)27-13-18-14-28-20(23-18)22-17-5-3-2-4-6-17/h2-10,14,21H,11-13H2,1H3,(H,22,23). The van der Waals surface area contributed by atoms with E-state index in [4.69, 9.17) is 4.74 Å². The first-order valence-electron chi connectivity index (χ1n) is 8.86. The second-order valence-corrected chi connectivity index (χ2v) is 9.02. The molecule has 3 aromatic rings. The van der Waals surface area contributed by atoms with Crippen molar-refractivity contribution in [3.63, 3.8) is 0 Å². The molecule has 1 aromatic heterocycles. The summed E-state index contributed by atoms with van der Waals surface area (Å²) in [7, 11) is -3.20. The van der Waals surface area contributed by atoms with Crippen LogP contribution in [0.2, 0.25) is 0 Å². The third-order valence-electron chi connectivity index (χ3n) is 3.90. The van der Waals surface area contributed by atoms with Gasteiger partial charge in [-0.2, -0.15) is 0 Å². The third-order valence-corrected chi connectivity index (χ3v) is 5.43. The largest absolute Gasteiger partial charge is 0.456 e. The van der Waals surface area contributed by atoms with Gasteiger partial charge in [-0.15, -0.1) is 11.3 Å². The maximum absolute atomic E-state index is 12.2. The number of esters is 1. The molecule has 3 rings (SSSR count). The third kappa shape index (κ3) is 6.97. The summed E-state index contributed by atoms with van der Waals surface area (Å²) in [5.41, 5.74) is 2.97. The Labute approximate surface area is 173 Å². The highest BCUT2D eigenvalue weighted by molar-refractivity contribution is 7.88.